The zero-order chi connectivity index (χ0) is 16.3. The Balaban J connectivity index is 2.68. The van der Waals surface area contributed by atoms with E-state index in [1.165, 1.54) is 11.7 Å². The van der Waals surface area contributed by atoms with Crippen LogP contribution in [0, 0.1) is 0 Å². The maximum Gasteiger partial charge on any atom is 0.274 e. The maximum atomic E-state index is 12.6. The van der Waals surface area contributed by atoms with Crippen molar-refractivity contribution >= 4 is 16.7 Å². The first-order chi connectivity index (χ1) is 10.5. The minimum Gasteiger partial charge on any atom is -0.388 e. The molecule has 22 heavy (non-hydrogen) atoms. The number of hydrogen-bond acceptors (Lipinski definition) is 4. The van der Waals surface area contributed by atoms with Crippen molar-refractivity contribution in [1.82, 2.24) is 15.1 Å². The molecular formula is C16H21N3O3. The van der Waals surface area contributed by atoms with E-state index in [4.69, 9.17) is 0 Å². The minimum atomic E-state index is -1.01. The third-order valence-corrected chi connectivity index (χ3v) is 4.07. The second kappa shape index (κ2) is 6.27. The highest BCUT2D eigenvalue weighted by Crippen LogP contribution is 2.18. The van der Waals surface area contributed by atoms with Crippen LogP contribution in [0.25, 0.3) is 10.8 Å². The molecule has 1 aromatic heterocycles. The second-order valence-electron chi connectivity index (χ2n) is 5.37. The quantitative estimate of drug-likeness (QED) is 0.872. The Morgan fingerprint density at radius 2 is 1.86 bits per heavy atom. The van der Waals surface area contributed by atoms with E-state index in [0.717, 1.165) is 0 Å². The molecule has 0 radical (unpaired) electrons. The van der Waals surface area contributed by atoms with Gasteiger partial charge < -0.3 is 10.4 Å². The van der Waals surface area contributed by atoms with Crippen LogP contribution in [0.5, 0.6) is 0 Å². The number of aromatic nitrogens is 2. The number of rotatable bonds is 5. The summed E-state index contributed by atoms with van der Waals surface area (Å²) in [6.07, 6.45) is 1.000. The van der Waals surface area contributed by atoms with Gasteiger partial charge in [-0.15, -0.1) is 0 Å². The van der Waals surface area contributed by atoms with Crippen LogP contribution in [0.3, 0.4) is 0 Å². The lowest BCUT2D eigenvalue weighted by molar-refractivity contribution is 0.0105. The Kier molecular flexibility index (Phi) is 4.61. The maximum absolute atomic E-state index is 12.6. The Morgan fingerprint density at radius 3 is 2.41 bits per heavy atom. The fraction of sp³-hybridized carbons (Fsp3) is 0.438. The zero-order valence-electron chi connectivity index (χ0n) is 13.1. The first-order valence-electron chi connectivity index (χ1n) is 7.40. The molecule has 0 aliphatic heterocycles. The summed E-state index contributed by atoms with van der Waals surface area (Å²) >= 11 is 0. The molecule has 0 aliphatic rings. The fourth-order valence-corrected chi connectivity index (χ4v) is 2.38. The van der Waals surface area contributed by atoms with Crippen molar-refractivity contribution in [3.63, 3.8) is 0 Å². The number of benzene rings is 1. The van der Waals surface area contributed by atoms with Crippen molar-refractivity contribution in [2.45, 2.75) is 38.8 Å². The highest BCUT2D eigenvalue weighted by atomic mass is 16.3. The van der Waals surface area contributed by atoms with Crippen molar-refractivity contribution in [3.8, 4) is 0 Å². The summed E-state index contributed by atoms with van der Waals surface area (Å²) < 4.78 is 1.19. The van der Waals surface area contributed by atoms with E-state index in [0.29, 0.717) is 23.6 Å². The van der Waals surface area contributed by atoms with Crippen LogP contribution < -0.4 is 10.9 Å². The van der Waals surface area contributed by atoms with E-state index in [9.17, 15) is 14.7 Å². The average Bonchev–Trinajstić information content (AvgIpc) is 2.56. The molecule has 0 unspecified atom stereocenters. The van der Waals surface area contributed by atoms with E-state index < -0.39 is 5.60 Å². The van der Waals surface area contributed by atoms with Gasteiger partial charge in [0.15, 0.2) is 5.69 Å². The molecule has 0 fully saturated rings. The monoisotopic (exact) mass is 303 g/mol. The van der Waals surface area contributed by atoms with Gasteiger partial charge in [-0.25, -0.2) is 4.68 Å². The molecule has 1 heterocycles. The van der Waals surface area contributed by atoms with E-state index in [-0.39, 0.29) is 23.7 Å². The molecule has 0 aliphatic carbocycles. The number of carbonyl (C=O) groups excluding carboxylic acids is 1. The molecule has 0 atom stereocenters. The van der Waals surface area contributed by atoms with Crippen LogP contribution in [0.15, 0.2) is 29.1 Å². The Bertz CT molecular complexity index is 748. The highest BCUT2D eigenvalue weighted by molar-refractivity contribution is 6.04. The summed E-state index contributed by atoms with van der Waals surface area (Å²) in [5.41, 5.74) is -1.13. The van der Waals surface area contributed by atoms with Crippen LogP contribution >= 0.6 is 0 Å². The summed E-state index contributed by atoms with van der Waals surface area (Å²) in [5, 5.41) is 18.1. The summed E-state index contributed by atoms with van der Waals surface area (Å²) in [6, 6.07) is 6.87. The third-order valence-electron chi connectivity index (χ3n) is 4.07. The molecule has 0 bridgehead atoms. The Labute approximate surface area is 128 Å². The van der Waals surface area contributed by atoms with Crippen LogP contribution in [0.4, 0.5) is 0 Å². The van der Waals surface area contributed by atoms with Crippen molar-refractivity contribution < 1.29 is 9.90 Å². The standard InChI is InChI=1S/C16H21N3O3/c1-4-16(22,5-2)10-19-15(21)12-9-7-6-8-11(12)13(18-19)14(20)17-3/h6-9,22H,4-5,10H2,1-3H3,(H,17,20). The number of aliphatic hydroxyl groups is 1. The van der Waals surface area contributed by atoms with Gasteiger partial charge in [-0.1, -0.05) is 32.0 Å². The molecule has 1 amide bonds. The molecule has 2 aromatic rings. The van der Waals surface area contributed by atoms with Gasteiger partial charge in [0, 0.05) is 12.4 Å². The van der Waals surface area contributed by atoms with Crippen LogP contribution in [-0.2, 0) is 6.54 Å². The van der Waals surface area contributed by atoms with Gasteiger partial charge in [0.25, 0.3) is 11.5 Å². The number of nitrogens with one attached hydrogen (secondary N) is 1. The molecule has 0 spiro atoms. The summed E-state index contributed by atoms with van der Waals surface area (Å²) in [4.78, 5) is 24.6. The summed E-state index contributed by atoms with van der Waals surface area (Å²) in [5.74, 6) is -0.360. The zero-order valence-corrected chi connectivity index (χ0v) is 13.1. The summed E-state index contributed by atoms with van der Waals surface area (Å²) in [6.45, 7) is 3.78. The predicted molar refractivity (Wildman–Crippen MR) is 84.9 cm³/mol. The van der Waals surface area contributed by atoms with Crippen molar-refractivity contribution in [2.75, 3.05) is 7.05 Å². The molecule has 6 nitrogen and oxygen atoms in total. The van der Waals surface area contributed by atoms with E-state index >= 15 is 0 Å². The smallest absolute Gasteiger partial charge is 0.274 e. The first-order valence-corrected chi connectivity index (χ1v) is 7.40. The number of nitrogens with zero attached hydrogens (tertiary/aromatic N) is 2. The van der Waals surface area contributed by atoms with Gasteiger partial charge in [-0.3, -0.25) is 9.59 Å². The Morgan fingerprint density at radius 1 is 1.27 bits per heavy atom. The number of amides is 1. The van der Waals surface area contributed by atoms with Gasteiger partial charge in [-0.05, 0) is 18.9 Å². The molecule has 1 aromatic carbocycles. The van der Waals surface area contributed by atoms with Gasteiger partial charge >= 0.3 is 0 Å². The van der Waals surface area contributed by atoms with Crippen molar-refractivity contribution in [3.05, 3.63) is 40.3 Å². The van der Waals surface area contributed by atoms with E-state index in [2.05, 4.69) is 10.4 Å². The SMILES string of the molecule is CCC(O)(CC)Cn1nc(C(=O)NC)c2ccccc2c1=O. The second-order valence-corrected chi connectivity index (χ2v) is 5.37. The van der Waals surface area contributed by atoms with E-state index in [1.807, 2.05) is 13.8 Å². The van der Waals surface area contributed by atoms with Gasteiger partial charge in [0.05, 0.1) is 17.5 Å². The van der Waals surface area contributed by atoms with Crippen molar-refractivity contribution in [1.29, 1.82) is 0 Å². The predicted octanol–water partition coefficient (Wildman–Crippen LogP) is 1.31. The highest BCUT2D eigenvalue weighted by Gasteiger charge is 2.25. The van der Waals surface area contributed by atoms with Crippen LogP contribution in [0.1, 0.15) is 37.2 Å². The normalized spacial score (nSPS) is 11.6. The lowest BCUT2D eigenvalue weighted by Gasteiger charge is -2.25. The first kappa shape index (κ1) is 16.2. The minimum absolute atomic E-state index is 0.0632. The fourth-order valence-electron chi connectivity index (χ4n) is 2.38. The largest absolute Gasteiger partial charge is 0.388 e. The molecule has 2 N–H and O–H groups in total. The summed E-state index contributed by atoms with van der Waals surface area (Å²) in [7, 11) is 1.52. The molecule has 6 heteroatoms. The van der Waals surface area contributed by atoms with Crippen LogP contribution in [-0.4, -0.2) is 33.4 Å². The average molecular weight is 303 g/mol. The topological polar surface area (TPSA) is 84.2 Å². The van der Waals surface area contributed by atoms with Gasteiger partial charge in [-0.2, -0.15) is 5.10 Å². The molecule has 0 saturated heterocycles. The molecule has 118 valence electrons. The molecular weight excluding hydrogens is 282 g/mol. The van der Waals surface area contributed by atoms with Crippen molar-refractivity contribution in [2.24, 2.45) is 0 Å². The van der Waals surface area contributed by atoms with Gasteiger partial charge in [0.1, 0.15) is 0 Å². The molecule has 0 saturated carbocycles. The van der Waals surface area contributed by atoms with Crippen LogP contribution in [0.2, 0.25) is 0 Å². The van der Waals surface area contributed by atoms with Gasteiger partial charge in [0.2, 0.25) is 0 Å². The third kappa shape index (κ3) is 2.87. The molecule has 2 rings (SSSR count). The van der Waals surface area contributed by atoms with E-state index in [1.54, 1.807) is 24.3 Å². The number of carbonyl (C=O) groups is 1. The number of fused-ring (bicyclic) bond motifs is 1. The Hall–Kier alpha value is -2.21. The lowest BCUT2D eigenvalue weighted by atomic mass is 9.97. The lowest BCUT2D eigenvalue weighted by Crippen LogP contribution is -2.39. The number of hydrogen-bond donors (Lipinski definition) is 2.